The molecule has 0 spiro atoms. The average molecular weight is 413 g/mol. The van der Waals surface area contributed by atoms with Crippen LogP contribution in [0.2, 0.25) is 0 Å². The lowest BCUT2D eigenvalue weighted by Gasteiger charge is -2.18. The lowest BCUT2D eigenvalue weighted by molar-refractivity contribution is 0.533. The van der Waals surface area contributed by atoms with Crippen molar-refractivity contribution < 1.29 is 13.2 Å². The van der Waals surface area contributed by atoms with Crippen molar-refractivity contribution in [2.75, 3.05) is 0 Å². The van der Waals surface area contributed by atoms with Gasteiger partial charge in [0.05, 0.1) is 11.4 Å². The molecular formula is C24H26F3N3. The largest absolute Gasteiger partial charge is 0.264 e. The smallest absolute Gasteiger partial charge is 0.148 e. The van der Waals surface area contributed by atoms with E-state index in [9.17, 15) is 8.78 Å². The maximum Gasteiger partial charge on any atom is 0.148 e. The van der Waals surface area contributed by atoms with E-state index in [4.69, 9.17) is 0 Å². The number of halogens is 3. The third kappa shape index (κ3) is 4.69. The van der Waals surface area contributed by atoms with Gasteiger partial charge in [0.2, 0.25) is 0 Å². The lowest BCUT2D eigenvalue weighted by atomic mass is 9.90. The second-order valence-corrected chi connectivity index (χ2v) is 8.09. The summed E-state index contributed by atoms with van der Waals surface area (Å²) in [6.45, 7) is 7.46. The molecule has 0 saturated carbocycles. The molecule has 30 heavy (non-hydrogen) atoms. The van der Waals surface area contributed by atoms with Crippen LogP contribution in [0, 0.1) is 17.5 Å². The van der Waals surface area contributed by atoms with E-state index >= 15 is 4.39 Å². The van der Waals surface area contributed by atoms with E-state index in [-0.39, 0.29) is 41.5 Å². The van der Waals surface area contributed by atoms with Crippen LogP contribution in [-0.4, -0.2) is 15.0 Å². The molecule has 2 unspecified atom stereocenters. The third-order valence-electron chi connectivity index (χ3n) is 5.42. The van der Waals surface area contributed by atoms with Crippen molar-refractivity contribution >= 4 is 0 Å². The molecule has 0 radical (unpaired) electrons. The standard InChI is InChI=1S/C24H26F3N3/c1-14(2)24-22(26)17(5-9-30-24)11-15(3)18-6-10-29-21(23(18)27)12-16(4)19-13-28-8-7-20(19)25/h5-10,13-16H,11-12H2,1-4H3. The first-order chi connectivity index (χ1) is 14.3. The first-order valence-electron chi connectivity index (χ1n) is 10.2. The van der Waals surface area contributed by atoms with Crippen LogP contribution in [0.1, 0.15) is 73.5 Å². The highest BCUT2D eigenvalue weighted by Gasteiger charge is 2.21. The molecule has 3 nitrogen and oxygen atoms in total. The predicted molar refractivity (Wildman–Crippen MR) is 111 cm³/mol. The van der Waals surface area contributed by atoms with Gasteiger partial charge in [0, 0.05) is 30.4 Å². The molecule has 0 aromatic carbocycles. The van der Waals surface area contributed by atoms with Crippen LogP contribution in [0.5, 0.6) is 0 Å². The molecular weight excluding hydrogens is 387 g/mol. The second kappa shape index (κ2) is 9.37. The van der Waals surface area contributed by atoms with Crippen LogP contribution >= 0.6 is 0 Å². The summed E-state index contributed by atoms with van der Waals surface area (Å²) in [6, 6.07) is 4.56. The molecule has 0 aliphatic heterocycles. The number of hydrogen-bond donors (Lipinski definition) is 0. The van der Waals surface area contributed by atoms with Crippen LogP contribution in [0.15, 0.2) is 43.0 Å². The molecule has 3 heterocycles. The minimum absolute atomic E-state index is 0.0288. The maximum absolute atomic E-state index is 15.2. The van der Waals surface area contributed by atoms with Crippen LogP contribution in [-0.2, 0) is 12.8 Å². The predicted octanol–water partition coefficient (Wildman–Crippen LogP) is 6.10. The van der Waals surface area contributed by atoms with Crippen molar-refractivity contribution in [2.45, 2.75) is 58.3 Å². The zero-order chi connectivity index (χ0) is 21.8. The van der Waals surface area contributed by atoms with Gasteiger partial charge < -0.3 is 0 Å². The first-order valence-corrected chi connectivity index (χ1v) is 10.2. The molecule has 0 aliphatic carbocycles. The molecule has 0 N–H and O–H groups in total. The lowest BCUT2D eigenvalue weighted by Crippen LogP contribution is -2.10. The minimum Gasteiger partial charge on any atom is -0.264 e. The SMILES string of the molecule is CC(C)c1nccc(CC(C)c2ccnc(CC(C)c3cnccc3F)c2F)c1F. The minimum atomic E-state index is -0.417. The van der Waals surface area contributed by atoms with Crippen LogP contribution in [0.3, 0.4) is 0 Å². The van der Waals surface area contributed by atoms with Gasteiger partial charge in [-0.05, 0) is 59.9 Å². The molecule has 3 aromatic rings. The Morgan fingerprint density at radius 2 is 1.47 bits per heavy atom. The molecule has 3 rings (SSSR count). The molecule has 0 bridgehead atoms. The summed E-state index contributed by atoms with van der Waals surface area (Å²) in [5.74, 6) is -1.67. The Labute approximate surface area is 175 Å². The normalized spacial score (nSPS) is 13.5. The molecule has 158 valence electrons. The first kappa shape index (κ1) is 21.9. The number of aromatic nitrogens is 3. The van der Waals surface area contributed by atoms with Crippen molar-refractivity contribution in [2.24, 2.45) is 0 Å². The fourth-order valence-corrected chi connectivity index (χ4v) is 3.68. The second-order valence-electron chi connectivity index (χ2n) is 8.09. The van der Waals surface area contributed by atoms with E-state index in [1.165, 1.54) is 18.5 Å². The summed E-state index contributed by atoms with van der Waals surface area (Å²) in [7, 11) is 0. The van der Waals surface area contributed by atoms with Gasteiger partial charge in [-0.25, -0.2) is 13.2 Å². The highest BCUT2D eigenvalue weighted by molar-refractivity contribution is 5.29. The van der Waals surface area contributed by atoms with Gasteiger partial charge >= 0.3 is 0 Å². The highest BCUT2D eigenvalue weighted by atomic mass is 19.1. The van der Waals surface area contributed by atoms with Crippen LogP contribution in [0.25, 0.3) is 0 Å². The average Bonchev–Trinajstić information content (AvgIpc) is 2.71. The zero-order valence-electron chi connectivity index (χ0n) is 17.7. The summed E-state index contributed by atoms with van der Waals surface area (Å²) in [6.07, 6.45) is 6.59. The van der Waals surface area contributed by atoms with Crippen molar-refractivity contribution in [1.82, 2.24) is 15.0 Å². The Balaban J connectivity index is 1.83. The fourth-order valence-electron chi connectivity index (χ4n) is 3.68. The number of pyridine rings is 3. The van der Waals surface area contributed by atoms with Gasteiger partial charge in [0.1, 0.15) is 17.5 Å². The Bertz CT molecular complexity index is 1020. The molecule has 0 amide bonds. The summed E-state index contributed by atoms with van der Waals surface area (Å²) < 4.78 is 44.0. The zero-order valence-corrected chi connectivity index (χ0v) is 17.7. The monoisotopic (exact) mass is 413 g/mol. The van der Waals surface area contributed by atoms with Crippen LogP contribution < -0.4 is 0 Å². The van der Waals surface area contributed by atoms with Gasteiger partial charge in [-0.2, -0.15) is 0 Å². The maximum atomic E-state index is 15.2. The molecule has 0 fully saturated rings. The van der Waals surface area contributed by atoms with Gasteiger partial charge in [-0.3, -0.25) is 15.0 Å². The van der Waals surface area contributed by atoms with Gasteiger partial charge in [0.25, 0.3) is 0 Å². The Kier molecular flexibility index (Phi) is 6.85. The molecule has 6 heteroatoms. The van der Waals surface area contributed by atoms with Crippen LogP contribution in [0.4, 0.5) is 13.2 Å². The van der Waals surface area contributed by atoms with Crippen molar-refractivity contribution in [3.05, 3.63) is 88.5 Å². The number of hydrogen-bond acceptors (Lipinski definition) is 3. The summed E-state index contributed by atoms with van der Waals surface area (Å²) in [4.78, 5) is 12.3. The highest BCUT2D eigenvalue weighted by Crippen LogP contribution is 2.29. The van der Waals surface area contributed by atoms with Crippen molar-refractivity contribution in [3.8, 4) is 0 Å². The molecule has 0 aliphatic rings. The Morgan fingerprint density at radius 1 is 0.767 bits per heavy atom. The number of nitrogens with zero attached hydrogens (tertiary/aromatic N) is 3. The third-order valence-corrected chi connectivity index (χ3v) is 5.42. The molecule has 0 saturated heterocycles. The summed E-state index contributed by atoms with van der Waals surface area (Å²) in [5.41, 5.74) is 2.11. The molecule has 2 atom stereocenters. The van der Waals surface area contributed by atoms with E-state index in [0.717, 1.165) is 0 Å². The number of rotatable bonds is 7. The van der Waals surface area contributed by atoms with E-state index < -0.39 is 5.82 Å². The fraction of sp³-hybridized carbons (Fsp3) is 0.375. The van der Waals surface area contributed by atoms with Gasteiger partial charge in [0.15, 0.2) is 0 Å². The van der Waals surface area contributed by atoms with Crippen molar-refractivity contribution in [3.63, 3.8) is 0 Å². The van der Waals surface area contributed by atoms with E-state index in [1.54, 1.807) is 24.5 Å². The topological polar surface area (TPSA) is 38.7 Å². The van der Waals surface area contributed by atoms with E-state index in [1.807, 2.05) is 27.7 Å². The molecule has 3 aromatic heterocycles. The van der Waals surface area contributed by atoms with Gasteiger partial charge in [-0.1, -0.05) is 27.7 Å². The van der Waals surface area contributed by atoms with E-state index in [2.05, 4.69) is 15.0 Å². The summed E-state index contributed by atoms with van der Waals surface area (Å²) in [5, 5.41) is 0. The van der Waals surface area contributed by atoms with Crippen molar-refractivity contribution in [1.29, 1.82) is 0 Å². The Morgan fingerprint density at radius 3 is 2.17 bits per heavy atom. The van der Waals surface area contributed by atoms with Gasteiger partial charge in [-0.15, -0.1) is 0 Å². The Hall–Kier alpha value is -2.76. The van der Waals surface area contributed by atoms with E-state index in [0.29, 0.717) is 28.8 Å². The summed E-state index contributed by atoms with van der Waals surface area (Å²) >= 11 is 0. The quantitative estimate of drug-likeness (QED) is 0.469.